The van der Waals surface area contributed by atoms with E-state index in [1.165, 1.54) is 5.56 Å². The monoisotopic (exact) mass is 267 g/mol. The smallest absolute Gasteiger partial charge is 0.127 e. The van der Waals surface area contributed by atoms with Crippen molar-refractivity contribution in [1.82, 2.24) is 5.32 Å². The van der Waals surface area contributed by atoms with Crippen LogP contribution in [0, 0.1) is 5.92 Å². The standard InChI is InChI=1S/C14H18ClNO2/c15-12-5-10-1-2-18-14(10)11(6-12)8-16-7-9-3-13(17)4-9/h5-6,9,13,16-17H,1-4,7-8H2. The van der Waals surface area contributed by atoms with Crippen molar-refractivity contribution in [2.24, 2.45) is 5.92 Å². The summed E-state index contributed by atoms with van der Waals surface area (Å²) in [6, 6.07) is 3.98. The van der Waals surface area contributed by atoms with Crippen LogP contribution in [0.5, 0.6) is 5.75 Å². The molecule has 1 aromatic rings. The number of ether oxygens (including phenoxy) is 1. The number of nitrogens with one attached hydrogen (secondary N) is 1. The highest BCUT2D eigenvalue weighted by Crippen LogP contribution is 2.33. The number of fused-ring (bicyclic) bond motifs is 1. The van der Waals surface area contributed by atoms with Gasteiger partial charge in [-0.2, -0.15) is 0 Å². The lowest BCUT2D eigenvalue weighted by Crippen LogP contribution is -2.35. The fraction of sp³-hybridized carbons (Fsp3) is 0.571. The minimum Gasteiger partial charge on any atom is -0.493 e. The molecular formula is C14H18ClNO2. The number of aliphatic hydroxyl groups is 1. The van der Waals surface area contributed by atoms with E-state index in [0.29, 0.717) is 5.92 Å². The van der Waals surface area contributed by atoms with E-state index in [-0.39, 0.29) is 6.10 Å². The average Bonchev–Trinajstić information content (AvgIpc) is 2.74. The molecule has 1 heterocycles. The van der Waals surface area contributed by atoms with Gasteiger partial charge in [-0.15, -0.1) is 0 Å². The van der Waals surface area contributed by atoms with Gasteiger partial charge in [0, 0.05) is 23.6 Å². The first-order valence-electron chi connectivity index (χ1n) is 6.55. The highest BCUT2D eigenvalue weighted by atomic mass is 35.5. The Kier molecular flexibility index (Phi) is 3.46. The highest BCUT2D eigenvalue weighted by Gasteiger charge is 2.26. The summed E-state index contributed by atoms with van der Waals surface area (Å²) < 4.78 is 5.66. The van der Waals surface area contributed by atoms with Gasteiger partial charge in [0.1, 0.15) is 5.75 Å². The van der Waals surface area contributed by atoms with Gasteiger partial charge in [0.25, 0.3) is 0 Å². The van der Waals surface area contributed by atoms with Gasteiger partial charge in [-0.05, 0) is 43.0 Å². The van der Waals surface area contributed by atoms with Gasteiger partial charge >= 0.3 is 0 Å². The molecule has 1 aliphatic carbocycles. The molecule has 18 heavy (non-hydrogen) atoms. The predicted octanol–water partition coefficient (Wildman–Crippen LogP) is 2.14. The van der Waals surface area contributed by atoms with Crippen LogP contribution in [0.1, 0.15) is 24.0 Å². The van der Waals surface area contributed by atoms with Gasteiger partial charge in [0.15, 0.2) is 0 Å². The first kappa shape index (κ1) is 12.3. The zero-order valence-electron chi connectivity index (χ0n) is 10.3. The van der Waals surface area contributed by atoms with E-state index in [1.54, 1.807) is 0 Å². The van der Waals surface area contributed by atoms with E-state index in [1.807, 2.05) is 12.1 Å². The topological polar surface area (TPSA) is 41.5 Å². The molecule has 0 saturated heterocycles. The van der Waals surface area contributed by atoms with Crippen LogP contribution in [0.4, 0.5) is 0 Å². The maximum Gasteiger partial charge on any atom is 0.127 e. The molecule has 0 amide bonds. The summed E-state index contributed by atoms with van der Waals surface area (Å²) in [7, 11) is 0. The lowest BCUT2D eigenvalue weighted by Gasteiger charge is -2.31. The maximum atomic E-state index is 9.23. The summed E-state index contributed by atoms with van der Waals surface area (Å²) in [5.41, 5.74) is 2.37. The van der Waals surface area contributed by atoms with Gasteiger partial charge in [-0.25, -0.2) is 0 Å². The van der Waals surface area contributed by atoms with Crippen LogP contribution in [0.15, 0.2) is 12.1 Å². The molecule has 0 radical (unpaired) electrons. The fourth-order valence-electron chi connectivity index (χ4n) is 2.76. The van der Waals surface area contributed by atoms with E-state index in [0.717, 1.165) is 55.3 Å². The fourth-order valence-corrected chi connectivity index (χ4v) is 3.02. The van der Waals surface area contributed by atoms with Crippen molar-refractivity contribution in [3.8, 4) is 5.75 Å². The number of halogens is 1. The minimum absolute atomic E-state index is 0.0736. The normalized spacial score (nSPS) is 25.4. The molecule has 3 rings (SSSR count). The molecule has 0 spiro atoms. The maximum absolute atomic E-state index is 9.23. The Hall–Kier alpha value is -0.770. The van der Waals surface area contributed by atoms with Crippen LogP contribution in [-0.2, 0) is 13.0 Å². The molecule has 1 aliphatic heterocycles. The summed E-state index contributed by atoms with van der Waals surface area (Å²) >= 11 is 6.11. The van der Waals surface area contributed by atoms with Crippen molar-refractivity contribution in [1.29, 1.82) is 0 Å². The summed E-state index contributed by atoms with van der Waals surface area (Å²) in [5.74, 6) is 1.63. The quantitative estimate of drug-likeness (QED) is 0.878. The highest BCUT2D eigenvalue weighted by molar-refractivity contribution is 6.30. The molecule has 2 aliphatic rings. The number of aliphatic hydroxyl groups excluding tert-OH is 1. The van der Waals surface area contributed by atoms with E-state index >= 15 is 0 Å². The van der Waals surface area contributed by atoms with Crippen molar-refractivity contribution in [3.63, 3.8) is 0 Å². The van der Waals surface area contributed by atoms with Crippen LogP contribution < -0.4 is 10.1 Å². The molecule has 0 atom stereocenters. The third-order valence-electron chi connectivity index (χ3n) is 3.78. The van der Waals surface area contributed by atoms with Crippen LogP contribution in [-0.4, -0.2) is 24.4 Å². The summed E-state index contributed by atoms with van der Waals surface area (Å²) in [6.07, 6.45) is 2.74. The van der Waals surface area contributed by atoms with E-state index in [4.69, 9.17) is 16.3 Å². The molecular weight excluding hydrogens is 250 g/mol. The van der Waals surface area contributed by atoms with Crippen molar-refractivity contribution in [2.45, 2.75) is 31.9 Å². The number of hydrogen-bond acceptors (Lipinski definition) is 3. The van der Waals surface area contributed by atoms with Crippen molar-refractivity contribution < 1.29 is 9.84 Å². The first-order chi connectivity index (χ1) is 8.72. The van der Waals surface area contributed by atoms with E-state index in [2.05, 4.69) is 5.32 Å². The molecule has 3 nitrogen and oxygen atoms in total. The van der Waals surface area contributed by atoms with E-state index < -0.39 is 0 Å². The van der Waals surface area contributed by atoms with Crippen molar-refractivity contribution in [2.75, 3.05) is 13.2 Å². The van der Waals surface area contributed by atoms with Gasteiger partial charge in [-0.1, -0.05) is 11.6 Å². The second-order valence-corrected chi connectivity index (χ2v) is 5.71. The Balaban J connectivity index is 1.59. The second-order valence-electron chi connectivity index (χ2n) is 5.27. The van der Waals surface area contributed by atoms with Crippen molar-refractivity contribution >= 4 is 11.6 Å². The molecule has 98 valence electrons. The van der Waals surface area contributed by atoms with Gasteiger partial charge in [0.05, 0.1) is 12.7 Å². The molecule has 2 N–H and O–H groups in total. The lowest BCUT2D eigenvalue weighted by atomic mass is 9.82. The van der Waals surface area contributed by atoms with Gasteiger partial charge in [0.2, 0.25) is 0 Å². The molecule has 1 fully saturated rings. The first-order valence-corrected chi connectivity index (χ1v) is 6.93. The Morgan fingerprint density at radius 2 is 2.22 bits per heavy atom. The number of hydrogen-bond donors (Lipinski definition) is 2. The molecule has 0 aromatic heterocycles. The Morgan fingerprint density at radius 1 is 1.39 bits per heavy atom. The summed E-state index contributed by atoms with van der Waals surface area (Å²) in [6.45, 7) is 2.51. The van der Waals surface area contributed by atoms with Crippen LogP contribution in [0.25, 0.3) is 0 Å². The van der Waals surface area contributed by atoms with Crippen LogP contribution in [0.3, 0.4) is 0 Å². The SMILES string of the molecule is OC1CC(CNCc2cc(Cl)cc3c2OCC3)C1. The number of rotatable bonds is 4. The van der Waals surface area contributed by atoms with Crippen LogP contribution >= 0.6 is 11.6 Å². The zero-order chi connectivity index (χ0) is 12.5. The molecule has 0 unspecified atom stereocenters. The minimum atomic E-state index is -0.0736. The van der Waals surface area contributed by atoms with E-state index in [9.17, 15) is 5.11 Å². The molecule has 4 heteroatoms. The summed E-state index contributed by atoms with van der Waals surface area (Å²) in [5, 5.41) is 13.5. The third kappa shape index (κ3) is 2.48. The van der Waals surface area contributed by atoms with Crippen LogP contribution in [0.2, 0.25) is 5.02 Å². The molecule has 1 saturated carbocycles. The van der Waals surface area contributed by atoms with Crippen molar-refractivity contribution in [3.05, 3.63) is 28.3 Å². The lowest BCUT2D eigenvalue weighted by molar-refractivity contribution is 0.0429. The predicted molar refractivity (Wildman–Crippen MR) is 71.1 cm³/mol. The second kappa shape index (κ2) is 5.08. The average molecular weight is 268 g/mol. The molecule has 1 aromatic carbocycles. The third-order valence-corrected chi connectivity index (χ3v) is 4.00. The summed E-state index contributed by atoms with van der Waals surface area (Å²) in [4.78, 5) is 0. The van der Waals surface area contributed by atoms with Gasteiger partial charge in [-0.3, -0.25) is 0 Å². The zero-order valence-corrected chi connectivity index (χ0v) is 11.0. The Labute approximate surface area is 112 Å². The largest absolute Gasteiger partial charge is 0.493 e. The Bertz CT molecular complexity index is 444. The Morgan fingerprint density at radius 3 is 3.00 bits per heavy atom. The molecule has 0 bridgehead atoms. The van der Waals surface area contributed by atoms with Gasteiger partial charge < -0.3 is 15.2 Å². The number of benzene rings is 1.